The lowest BCUT2D eigenvalue weighted by Gasteiger charge is -2.33. The van der Waals surface area contributed by atoms with Crippen molar-refractivity contribution in [3.8, 4) is 0 Å². The predicted molar refractivity (Wildman–Crippen MR) is 64.7 cm³/mol. The molecule has 1 atom stereocenters. The van der Waals surface area contributed by atoms with Gasteiger partial charge in [-0.2, -0.15) is 0 Å². The highest BCUT2D eigenvalue weighted by Crippen LogP contribution is 2.10. The smallest absolute Gasteiger partial charge is 0.331 e. The Balaban J connectivity index is 2.66. The molecule has 0 aromatic rings. The fourth-order valence-electron chi connectivity index (χ4n) is 2.03. The summed E-state index contributed by atoms with van der Waals surface area (Å²) in [7, 11) is 0. The molecule has 1 rings (SSSR count). The third-order valence-electron chi connectivity index (χ3n) is 3.06. The van der Waals surface area contributed by atoms with Crippen molar-refractivity contribution in [2.45, 2.75) is 32.7 Å². The van der Waals surface area contributed by atoms with Crippen molar-refractivity contribution < 1.29 is 14.7 Å². The van der Waals surface area contributed by atoms with Crippen LogP contribution in [0.5, 0.6) is 0 Å². The van der Waals surface area contributed by atoms with E-state index in [-0.39, 0.29) is 11.9 Å². The highest BCUT2D eigenvalue weighted by Gasteiger charge is 2.27. The zero-order chi connectivity index (χ0) is 12.8. The Kier molecular flexibility index (Phi) is 5.15. The van der Waals surface area contributed by atoms with Crippen molar-refractivity contribution in [2.24, 2.45) is 0 Å². The van der Waals surface area contributed by atoms with Gasteiger partial charge in [0.05, 0.1) is 6.04 Å². The average Bonchev–Trinajstić information content (AvgIpc) is 2.29. The summed E-state index contributed by atoms with van der Waals surface area (Å²) in [5.74, 6) is -0.831. The third kappa shape index (κ3) is 3.56. The molecule has 0 spiro atoms. The Hall–Kier alpha value is -1.36. The summed E-state index contributed by atoms with van der Waals surface area (Å²) in [6.07, 6.45) is 2.96. The number of carboxylic acid groups (broad SMARTS) is 1. The molecule has 1 aliphatic heterocycles. The summed E-state index contributed by atoms with van der Waals surface area (Å²) in [4.78, 5) is 24.5. The molecule has 2 N–H and O–H groups in total. The molecule has 1 amide bonds. The van der Waals surface area contributed by atoms with E-state index in [2.05, 4.69) is 5.32 Å². The van der Waals surface area contributed by atoms with E-state index in [1.165, 1.54) is 0 Å². The molecule has 1 saturated heterocycles. The van der Waals surface area contributed by atoms with Crippen molar-refractivity contribution in [1.29, 1.82) is 0 Å². The van der Waals surface area contributed by atoms with Gasteiger partial charge in [-0.1, -0.05) is 19.9 Å². The quantitative estimate of drug-likeness (QED) is 0.691. The number of nitrogens with one attached hydrogen (secondary N) is 1. The van der Waals surface area contributed by atoms with Gasteiger partial charge in [0.25, 0.3) is 0 Å². The summed E-state index contributed by atoms with van der Waals surface area (Å²) >= 11 is 0. The van der Waals surface area contributed by atoms with E-state index >= 15 is 0 Å². The van der Waals surface area contributed by atoms with Crippen LogP contribution in [0.3, 0.4) is 0 Å². The summed E-state index contributed by atoms with van der Waals surface area (Å²) in [5.41, 5.74) is 0.408. The standard InChI is InChI=1S/C12H20N2O3/c1-3-9(12(16)17)5-7-14-8-6-13-11(15)10(14)4-2/h5,10H,3-4,6-8H2,1-2H3,(H,13,15)(H,16,17). The molecule has 1 aliphatic rings. The molecule has 17 heavy (non-hydrogen) atoms. The van der Waals surface area contributed by atoms with Gasteiger partial charge >= 0.3 is 5.97 Å². The van der Waals surface area contributed by atoms with Crippen molar-refractivity contribution in [3.05, 3.63) is 11.6 Å². The molecule has 1 unspecified atom stereocenters. The van der Waals surface area contributed by atoms with Crippen LogP contribution in [0.4, 0.5) is 0 Å². The molecular formula is C12H20N2O3. The number of piperazine rings is 1. The van der Waals surface area contributed by atoms with Gasteiger partial charge in [0.1, 0.15) is 0 Å². The first-order chi connectivity index (χ1) is 8.10. The second-order valence-corrected chi connectivity index (χ2v) is 4.10. The maximum atomic E-state index is 11.6. The first-order valence-corrected chi connectivity index (χ1v) is 6.04. The maximum Gasteiger partial charge on any atom is 0.331 e. The van der Waals surface area contributed by atoms with E-state index in [1.807, 2.05) is 18.7 Å². The van der Waals surface area contributed by atoms with Crippen LogP contribution in [0, 0.1) is 0 Å². The fourth-order valence-corrected chi connectivity index (χ4v) is 2.03. The van der Waals surface area contributed by atoms with E-state index in [4.69, 9.17) is 5.11 Å². The summed E-state index contributed by atoms with van der Waals surface area (Å²) in [6.45, 7) is 5.72. The molecular weight excluding hydrogens is 220 g/mol. The van der Waals surface area contributed by atoms with Crippen molar-refractivity contribution in [2.75, 3.05) is 19.6 Å². The number of rotatable bonds is 5. The Morgan fingerprint density at radius 2 is 2.29 bits per heavy atom. The Morgan fingerprint density at radius 1 is 1.59 bits per heavy atom. The topological polar surface area (TPSA) is 69.6 Å². The largest absolute Gasteiger partial charge is 0.478 e. The predicted octanol–water partition coefficient (Wildman–Crippen LogP) is 0.618. The molecule has 0 aromatic heterocycles. The molecule has 0 saturated carbocycles. The van der Waals surface area contributed by atoms with Crippen LogP contribution in [-0.2, 0) is 9.59 Å². The number of amides is 1. The molecule has 0 aromatic carbocycles. The SMILES string of the molecule is CCC(=CCN1CCNC(=O)C1CC)C(=O)O. The van der Waals surface area contributed by atoms with E-state index in [1.54, 1.807) is 6.08 Å². The summed E-state index contributed by atoms with van der Waals surface area (Å²) < 4.78 is 0. The van der Waals surface area contributed by atoms with Crippen LogP contribution in [0.15, 0.2) is 11.6 Å². The van der Waals surface area contributed by atoms with Crippen LogP contribution in [0.25, 0.3) is 0 Å². The number of aliphatic carboxylic acids is 1. The highest BCUT2D eigenvalue weighted by molar-refractivity contribution is 5.86. The lowest BCUT2D eigenvalue weighted by atomic mass is 10.1. The van der Waals surface area contributed by atoms with E-state index in [9.17, 15) is 9.59 Å². The lowest BCUT2D eigenvalue weighted by Crippen LogP contribution is -2.54. The molecule has 0 radical (unpaired) electrons. The van der Waals surface area contributed by atoms with Crippen LogP contribution < -0.4 is 5.32 Å². The average molecular weight is 240 g/mol. The molecule has 0 aliphatic carbocycles. The Morgan fingerprint density at radius 3 is 2.82 bits per heavy atom. The van der Waals surface area contributed by atoms with Crippen LogP contribution in [-0.4, -0.2) is 47.6 Å². The second-order valence-electron chi connectivity index (χ2n) is 4.10. The molecule has 1 fully saturated rings. The number of carbonyl (C=O) groups excluding carboxylic acids is 1. The fraction of sp³-hybridized carbons (Fsp3) is 0.667. The zero-order valence-corrected chi connectivity index (χ0v) is 10.4. The summed E-state index contributed by atoms with van der Waals surface area (Å²) in [5, 5.41) is 11.7. The van der Waals surface area contributed by atoms with Gasteiger partial charge in [0.2, 0.25) is 5.91 Å². The monoisotopic (exact) mass is 240 g/mol. The third-order valence-corrected chi connectivity index (χ3v) is 3.06. The van der Waals surface area contributed by atoms with E-state index in [0.29, 0.717) is 25.1 Å². The number of carbonyl (C=O) groups is 2. The van der Waals surface area contributed by atoms with Crippen LogP contribution in [0.1, 0.15) is 26.7 Å². The summed E-state index contributed by atoms with van der Waals surface area (Å²) in [6, 6.07) is -0.132. The minimum atomic E-state index is -0.873. The number of hydrogen-bond donors (Lipinski definition) is 2. The number of carboxylic acids is 1. The molecule has 96 valence electrons. The van der Waals surface area contributed by atoms with E-state index in [0.717, 1.165) is 13.0 Å². The minimum absolute atomic E-state index is 0.0422. The van der Waals surface area contributed by atoms with Gasteiger partial charge in [-0.3, -0.25) is 9.69 Å². The lowest BCUT2D eigenvalue weighted by molar-refractivity contribution is -0.132. The first kappa shape index (κ1) is 13.7. The second kappa shape index (κ2) is 6.39. The van der Waals surface area contributed by atoms with E-state index < -0.39 is 5.97 Å². The number of nitrogens with zero attached hydrogens (tertiary/aromatic N) is 1. The minimum Gasteiger partial charge on any atom is -0.478 e. The normalized spacial score (nSPS) is 22.4. The molecule has 5 heteroatoms. The van der Waals surface area contributed by atoms with Gasteiger partial charge in [-0.05, 0) is 12.8 Å². The van der Waals surface area contributed by atoms with Crippen LogP contribution >= 0.6 is 0 Å². The van der Waals surface area contributed by atoms with Gasteiger partial charge in [-0.15, -0.1) is 0 Å². The van der Waals surface area contributed by atoms with Crippen molar-refractivity contribution in [3.63, 3.8) is 0 Å². The molecule has 1 heterocycles. The zero-order valence-electron chi connectivity index (χ0n) is 10.4. The van der Waals surface area contributed by atoms with Crippen LogP contribution in [0.2, 0.25) is 0 Å². The Bertz CT molecular complexity index is 326. The Labute approximate surface area is 101 Å². The molecule has 0 bridgehead atoms. The highest BCUT2D eigenvalue weighted by atomic mass is 16.4. The number of hydrogen-bond acceptors (Lipinski definition) is 3. The first-order valence-electron chi connectivity index (χ1n) is 6.04. The van der Waals surface area contributed by atoms with Gasteiger partial charge < -0.3 is 10.4 Å². The maximum absolute atomic E-state index is 11.6. The van der Waals surface area contributed by atoms with Crippen molar-refractivity contribution >= 4 is 11.9 Å². The van der Waals surface area contributed by atoms with Gasteiger partial charge in [-0.25, -0.2) is 4.79 Å². The van der Waals surface area contributed by atoms with Gasteiger partial charge in [0.15, 0.2) is 0 Å². The van der Waals surface area contributed by atoms with Crippen molar-refractivity contribution in [1.82, 2.24) is 10.2 Å². The van der Waals surface area contributed by atoms with Gasteiger partial charge in [0, 0.05) is 25.2 Å². The molecule has 5 nitrogen and oxygen atoms in total.